The first-order chi connectivity index (χ1) is 9.72. The van der Waals surface area contributed by atoms with Crippen LogP contribution in [0.4, 0.5) is 0 Å². The van der Waals surface area contributed by atoms with E-state index in [1.807, 2.05) is 6.92 Å². The van der Waals surface area contributed by atoms with Gasteiger partial charge in [0.25, 0.3) is 11.7 Å². The normalized spacial score (nSPS) is 16.6. The lowest BCUT2D eigenvalue weighted by Gasteiger charge is -2.33. The fourth-order valence-electron chi connectivity index (χ4n) is 2.21. The largest absolute Gasteiger partial charge is 0.333 e. The average molecular weight is 293 g/mol. The van der Waals surface area contributed by atoms with Crippen molar-refractivity contribution in [1.29, 1.82) is 0 Å². The van der Waals surface area contributed by atoms with Crippen LogP contribution in [-0.2, 0) is 6.54 Å². The molecular weight excluding hydrogens is 278 g/mol. The van der Waals surface area contributed by atoms with Crippen molar-refractivity contribution in [3.05, 3.63) is 21.9 Å². The van der Waals surface area contributed by atoms with E-state index in [2.05, 4.69) is 35.9 Å². The number of aromatic nitrogens is 5. The second-order valence-corrected chi connectivity index (χ2v) is 5.72. The van der Waals surface area contributed by atoms with E-state index in [-0.39, 0.29) is 11.7 Å². The van der Waals surface area contributed by atoms with E-state index in [0.29, 0.717) is 13.1 Å². The molecule has 0 aromatic carbocycles. The number of nitrogens with zero attached hydrogens (tertiary/aromatic N) is 6. The summed E-state index contributed by atoms with van der Waals surface area (Å²) in [5.74, 6) is -0.0310. The molecule has 9 heteroatoms. The lowest BCUT2D eigenvalue weighted by Crippen LogP contribution is -2.48. The molecule has 1 saturated heterocycles. The number of carbonyl (C=O) groups is 1. The highest BCUT2D eigenvalue weighted by molar-refractivity contribution is 7.09. The van der Waals surface area contributed by atoms with Crippen LogP contribution in [0.25, 0.3) is 0 Å². The number of tetrazole rings is 1. The van der Waals surface area contributed by atoms with Crippen LogP contribution in [0, 0.1) is 6.92 Å². The zero-order valence-electron chi connectivity index (χ0n) is 11.1. The fraction of sp³-hybridized carbons (Fsp3) is 0.545. The minimum Gasteiger partial charge on any atom is -0.333 e. The molecule has 3 heterocycles. The van der Waals surface area contributed by atoms with Crippen molar-refractivity contribution in [3.63, 3.8) is 0 Å². The first-order valence-electron chi connectivity index (χ1n) is 6.38. The number of aromatic amines is 1. The number of rotatable bonds is 3. The predicted molar refractivity (Wildman–Crippen MR) is 72.2 cm³/mol. The van der Waals surface area contributed by atoms with E-state index in [0.717, 1.165) is 30.3 Å². The van der Waals surface area contributed by atoms with Crippen LogP contribution in [0.2, 0.25) is 0 Å². The van der Waals surface area contributed by atoms with Gasteiger partial charge in [0, 0.05) is 38.1 Å². The zero-order valence-corrected chi connectivity index (χ0v) is 11.9. The Morgan fingerprint density at radius 1 is 1.40 bits per heavy atom. The molecule has 8 nitrogen and oxygen atoms in total. The molecule has 1 amide bonds. The number of H-pyrrole nitrogens is 1. The van der Waals surface area contributed by atoms with Crippen LogP contribution in [-0.4, -0.2) is 67.5 Å². The van der Waals surface area contributed by atoms with Gasteiger partial charge in [0.05, 0.1) is 10.7 Å². The number of thiazole rings is 1. The molecule has 1 N–H and O–H groups in total. The van der Waals surface area contributed by atoms with Gasteiger partial charge in [-0.2, -0.15) is 5.21 Å². The Hall–Kier alpha value is -1.87. The van der Waals surface area contributed by atoms with Gasteiger partial charge in [-0.15, -0.1) is 21.5 Å². The third-order valence-corrected chi connectivity index (χ3v) is 4.07. The summed E-state index contributed by atoms with van der Waals surface area (Å²) >= 11 is 1.67. The molecule has 1 aliphatic heterocycles. The quantitative estimate of drug-likeness (QED) is 0.851. The summed E-state index contributed by atoms with van der Waals surface area (Å²) in [7, 11) is 0. The maximum atomic E-state index is 12.0. The lowest BCUT2D eigenvalue weighted by molar-refractivity contribution is 0.0615. The van der Waals surface area contributed by atoms with E-state index < -0.39 is 0 Å². The molecule has 0 radical (unpaired) electrons. The Kier molecular flexibility index (Phi) is 3.70. The minimum absolute atomic E-state index is 0.133. The summed E-state index contributed by atoms with van der Waals surface area (Å²) in [5.41, 5.74) is 1.10. The van der Waals surface area contributed by atoms with E-state index in [4.69, 9.17) is 0 Å². The van der Waals surface area contributed by atoms with E-state index in [1.165, 1.54) is 0 Å². The SMILES string of the molecule is Cc1nc(CN2CCN(C(=O)c3nn[nH]n3)CC2)cs1. The summed E-state index contributed by atoms with van der Waals surface area (Å²) in [4.78, 5) is 20.6. The van der Waals surface area contributed by atoms with Crippen LogP contribution in [0.5, 0.6) is 0 Å². The Morgan fingerprint density at radius 2 is 2.20 bits per heavy atom. The Bertz CT molecular complexity index is 573. The average Bonchev–Trinajstić information content (AvgIpc) is 3.11. The topological polar surface area (TPSA) is 90.9 Å². The lowest BCUT2D eigenvalue weighted by atomic mass is 10.3. The van der Waals surface area contributed by atoms with Crippen molar-refractivity contribution < 1.29 is 4.79 Å². The standard InChI is InChI=1S/C11H15N7OS/c1-8-12-9(7-20-8)6-17-2-4-18(5-3-17)11(19)10-13-15-16-14-10/h7H,2-6H2,1H3,(H,13,14,15,16). The fourth-order valence-corrected chi connectivity index (χ4v) is 2.82. The molecule has 3 rings (SSSR count). The molecule has 106 valence electrons. The Balaban J connectivity index is 1.53. The van der Waals surface area contributed by atoms with E-state index in [1.54, 1.807) is 16.2 Å². The van der Waals surface area contributed by atoms with Gasteiger partial charge in [0.1, 0.15) is 0 Å². The van der Waals surface area contributed by atoms with Gasteiger partial charge < -0.3 is 4.90 Å². The number of hydrogen-bond acceptors (Lipinski definition) is 7. The minimum atomic E-state index is -0.164. The number of aryl methyl sites for hydroxylation is 1. The molecular formula is C11H15N7OS. The van der Waals surface area contributed by atoms with Gasteiger partial charge in [-0.1, -0.05) is 0 Å². The van der Waals surface area contributed by atoms with E-state index >= 15 is 0 Å². The first kappa shape index (κ1) is 13.1. The zero-order chi connectivity index (χ0) is 13.9. The molecule has 0 unspecified atom stereocenters. The molecule has 2 aromatic rings. The summed E-state index contributed by atoms with van der Waals surface area (Å²) in [6.07, 6.45) is 0. The molecule has 0 spiro atoms. The smallest absolute Gasteiger partial charge is 0.295 e. The summed E-state index contributed by atoms with van der Waals surface area (Å²) in [6, 6.07) is 0. The summed E-state index contributed by atoms with van der Waals surface area (Å²) in [6.45, 7) is 5.87. The number of amides is 1. The Morgan fingerprint density at radius 3 is 2.80 bits per heavy atom. The van der Waals surface area contributed by atoms with Crippen LogP contribution in [0.1, 0.15) is 21.3 Å². The summed E-state index contributed by atoms with van der Waals surface area (Å²) in [5, 5.41) is 16.3. The molecule has 20 heavy (non-hydrogen) atoms. The number of nitrogens with one attached hydrogen (secondary N) is 1. The second-order valence-electron chi connectivity index (χ2n) is 4.66. The van der Waals surface area contributed by atoms with E-state index in [9.17, 15) is 4.79 Å². The third kappa shape index (κ3) is 2.83. The highest BCUT2D eigenvalue weighted by Gasteiger charge is 2.24. The third-order valence-electron chi connectivity index (χ3n) is 3.25. The van der Waals surface area contributed by atoms with Gasteiger partial charge >= 0.3 is 0 Å². The highest BCUT2D eigenvalue weighted by atomic mass is 32.1. The monoisotopic (exact) mass is 293 g/mol. The number of hydrogen-bond donors (Lipinski definition) is 1. The van der Waals surface area contributed by atoms with Gasteiger partial charge in [-0.25, -0.2) is 4.98 Å². The van der Waals surface area contributed by atoms with Crippen molar-refractivity contribution in [1.82, 2.24) is 35.4 Å². The van der Waals surface area contributed by atoms with Gasteiger partial charge in [-0.3, -0.25) is 9.69 Å². The van der Waals surface area contributed by atoms with Gasteiger partial charge in [0.2, 0.25) is 0 Å². The van der Waals surface area contributed by atoms with Crippen molar-refractivity contribution in [2.45, 2.75) is 13.5 Å². The van der Waals surface area contributed by atoms with Crippen molar-refractivity contribution in [3.8, 4) is 0 Å². The highest BCUT2D eigenvalue weighted by Crippen LogP contribution is 2.12. The second kappa shape index (κ2) is 5.63. The molecule has 0 atom stereocenters. The maximum Gasteiger partial charge on any atom is 0.295 e. The number of piperazine rings is 1. The Labute approximate surface area is 119 Å². The van der Waals surface area contributed by atoms with Gasteiger partial charge in [-0.05, 0) is 12.1 Å². The maximum absolute atomic E-state index is 12.0. The van der Waals surface area contributed by atoms with Crippen molar-refractivity contribution in [2.75, 3.05) is 26.2 Å². The van der Waals surface area contributed by atoms with Crippen LogP contribution < -0.4 is 0 Å². The molecule has 1 fully saturated rings. The molecule has 0 aliphatic carbocycles. The molecule has 0 bridgehead atoms. The van der Waals surface area contributed by atoms with Gasteiger partial charge in [0.15, 0.2) is 0 Å². The number of carbonyl (C=O) groups excluding carboxylic acids is 1. The summed E-state index contributed by atoms with van der Waals surface area (Å²) < 4.78 is 0. The van der Waals surface area contributed by atoms with Crippen LogP contribution in [0.15, 0.2) is 5.38 Å². The van der Waals surface area contributed by atoms with Crippen LogP contribution in [0.3, 0.4) is 0 Å². The predicted octanol–water partition coefficient (Wildman–Crippen LogP) is -0.0774. The van der Waals surface area contributed by atoms with Crippen molar-refractivity contribution in [2.24, 2.45) is 0 Å². The van der Waals surface area contributed by atoms with Crippen molar-refractivity contribution >= 4 is 17.2 Å². The molecule has 0 saturated carbocycles. The first-order valence-corrected chi connectivity index (χ1v) is 7.26. The molecule has 2 aromatic heterocycles. The molecule has 1 aliphatic rings. The van der Waals surface area contributed by atoms with Crippen LogP contribution >= 0.6 is 11.3 Å².